The molecule has 0 fully saturated rings. The molecular weight excluding hydrogens is 448 g/mol. The summed E-state index contributed by atoms with van der Waals surface area (Å²) in [5.41, 5.74) is 6.48. The van der Waals surface area contributed by atoms with Crippen LogP contribution in [-0.4, -0.2) is 33.8 Å². The van der Waals surface area contributed by atoms with Gasteiger partial charge in [-0.1, -0.05) is 35.5 Å². The number of rotatable bonds is 8. The molecule has 7 nitrogen and oxygen atoms in total. The first kappa shape index (κ1) is 23.6. The Morgan fingerprint density at radius 1 is 1.19 bits per heavy atom. The zero-order valence-electron chi connectivity index (χ0n) is 17.9. The van der Waals surface area contributed by atoms with Crippen molar-refractivity contribution < 1.29 is 14.6 Å². The normalized spacial score (nSPS) is 11.0. The zero-order valence-corrected chi connectivity index (χ0v) is 19.5. The van der Waals surface area contributed by atoms with Gasteiger partial charge in [-0.2, -0.15) is 5.10 Å². The van der Waals surface area contributed by atoms with Crippen LogP contribution in [0, 0.1) is 13.8 Å². The van der Waals surface area contributed by atoms with Crippen molar-refractivity contribution in [2.75, 3.05) is 6.61 Å². The second-order valence-corrected chi connectivity index (χ2v) is 8.25. The van der Waals surface area contributed by atoms with Gasteiger partial charge in [0.2, 0.25) is 0 Å². The molecule has 3 rings (SSSR count). The van der Waals surface area contributed by atoms with Crippen molar-refractivity contribution in [2.24, 2.45) is 5.10 Å². The van der Waals surface area contributed by atoms with Gasteiger partial charge in [0.25, 0.3) is 5.91 Å². The molecule has 9 heteroatoms. The van der Waals surface area contributed by atoms with Crippen molar-refractivity contribution in [3.8, 4) is 11.5 Å². The number of thioether (sulfide) groups is 1. The minimum Gasteiger partial charge on any atom is -0.503 e. The van der Waals surface area contributed by atoms with Crippen LogP contribution < -0.4 is 10.2 Å². The largest absolute Gasteiger partial charge is 0.503 e. The molecule has 0 bridgehead atoms. The van der Waals surface area contributed by atoms with E-state index in [2.05, 4.69) is 20.5 Å². The van der Waals surface area contributed by atoms with Crippen LogP contribution in [-0.2, 0) is 5.75 Å². The van der Waals surface area contributed by atoms with E-state index in [0.717, 1.165) is 22.1 Å². The summed E-state index contributed by atoms with van der Waals surface area (Å²) in [4.78, 5) is 21.2. The number of amides is 1. The summed E-state index contributed by atoms with van der Waals surface area (Å²) in [6.45, 7) is 6.08. The third kappa shape index (κ3) is 6.45. The number of phenolic OH excluding ortho intramolecular Hbond substituents is 1. The summed E-state index contributed by atoms with van der Waals surface area (Å²) in [6, 6.07) is 12.3. The highest BCUT2D eigenvalue weighted by Gasteiger charge is 2.09. The minimum atomic E-state index is -0.340. The highest BCUT2D eigenvalue weighted by atomic mass is 35.5. The number of hydrogen-bond donors (Lipinski definition) is 2. The number of carbonyl (C=O) groups is 1. The Morgan fingerprint density at radius 3 is 2.53 bits per heavy atom. The second kappa shape index (κ2) is 11.0. The number of aromatic nitrogens is 2. The van der Waals surface area contributed by atoms with Gasteiger partial charge in [0.15, 0.2) is 16.7 Å². The number of nitrogens with one attached hydrogen (secondary N) is 1. The van der Waals surface area contributed by atoms with Crippen LogP contribution >= 0.6 is 23.4 Å². The van der Waals surface area contributed by atoms with Gasteiger partial charge in [0.1, 0.15) is 0 Å². The molecular formula is C23H23ClN4O3S. The summed E-state index contributed by atoms with van der Waals surface area (Å²) in [5, 5.41) is 14.7. The fraction of sp³-hybridized carbons (Fsp3) is 0.217. The molecule has 0 saturated carbocycles. The van der Waals surface area contributed by atoms with Crippen LogP contribution in [0.25, 0.3) is 0 Å². The van der Waals surface area contributed by atoms with E-state index >= 15 is 0 Å². The standard InChI is InChI=1S/C23H23ClN4O3S/c1-4-31-20-11-17(10-19(24)21(20)29)12-25-28-22(30)18-7-5-16(6-8-18)13-32-23-26-14(2)9-15(3)27-23/h5-12,29H,4,13H2,1-3H3,(H,28,30)/b25-12+. The number of nitrogens with zero attached hydrogens (tertiary/aromatic N) is 3. The fourth-order valence-corrected chi connectivity index (χ4v) is 3.95. The Balaban J connectivity index is 1.58. The predicted octanol–water partition coefficient (Wildman–Crippen LogP) is 4.91. The lowest BCUT2D eigenvalue weighted by Crippen LogP contribution is -2.17. The number of hydrogen-bond acceptors (Lipinski definition) is 7. The lowest BCUT2D eigenvalue weighted by molar-refractivity contribution is 0.0955. The summed E-state index contributed by atoms with van der Waals surface area (Å²) >= 11 is 7.55. The number of carbonyl (C=O) groups excluding carboxylic acids is 1. The maximum absolute atomic E-state index is 12.4. The van der Waals surface area contributed by atoms with Crippen LogP contribution in [0.3, 0.4) is 0 Å². The molecule has 2 N–H and O–H groups in total. The van der Waals surface area contributed by atoms with Crippen LogP contribution in [0.1, 0.15) is 39.8 Å². The first-order valence-electron chi connectivity index (χ1n) is 9.88. The third-order valence-electron chi connectivity index (χ3n) is 4.28. The van der Waals surface area contributed by atoms with Gasteiger partial charge < -0.3 is 9.84 Å². The number of benzene rings is 2. The van der Waals surface area contributed by atoms with Crippen molar-refractivity contribution in [2.45, 2.75) is 31.7 Å². The second-order valence-electron chi connectivity index (χ2n) is 6.90. The minimum absolute atomic E-state index is 0.128. The van der Waals surface area contributed by atoms with Gasteiger partial charge in [0, 0.05) is 22.7 Å². The molecule has 0 spiro atoms. The van der Waals surface area contributed by atoms with E-state index in [4.69, 9.17) is 16.3 Å². The average Bonchev–Trinajstić information content (AvgIpc) is 2.75. The monoisotopic (exact) mass is 470 g/mol. The number of aryl methyl sites for hydroxylation is 2. The van der Waals surface area contributed by atoms with Crippen LogP contribution in [0.2, 0.25) is 5.02 Å². The molecule has 0 aliphatic heterocycles. The summed E-state index contributed by atoms with van der Waals surface area (Å²) in [6.07, 6.45) is 1.43. The molecule has 0 aliphatic rings. The van der Waals surface area contributed by atoms with E-state index in [1.807, 2.05) is 32.0 Å². The Bertz CT molecular complexity index is 1120. The smallest absolute Gasteiger partial charge is 0.271 e. The van der Waals surface area contributed by atoms with E-state index < -0.39 is 0 Å². The first-order chi connectivity index (χ1) is 15.4. The maximum Gasteiger partial charge on any atom is 0.271 e. The summed E-state index contributed by atoms with van der Waals surface area (Å²) in [5.74, 6) is 0.490. The summed E-state index contributed by atoms with van der Waals surface area (Å²) in [7, 11) is 0. The van der Waals surface area contributed by atoms with Gasteiger partial charge in [-0.25, -0.2) is 15.4 Å². The maximum atomic E-state index is 12.4. The van der Waals surface area contributed by atoms with Crippen LogP contribution in [0.15, 0.2) is 52.7 Å². The van der Waals surface area contributed by atoms with Gasteiger partial charge in [-0.15, -0.1) is 0 Å². The third-order valence-corrected chi connectivity index (χ3v) is 5.48. The number of ether oxygens (including phenoxy) is 1. The molecule has 32 heavy (non-hydrogen) atoms. The molecule has 0 atom stereocenters. The molecule has 1 heterocycles. The van der Waals surface area contributed by atoms with Gasteiger partial charge in [0.05, 0.1) is 17.8 Å². The number of hydrazone groups is 1. The van der Waals surface area contributed by atoms with Crippen molar-refractivity contribution in [1.82, 2.24) is 15.4 Å². The van der Waals surface area contributed by atoms with Crippen molar-refractivity contribution in [3.05, 3.63) is 75.6 Å². The highest BCUT2D eigenvalue weighted by Crippen LogP contribution is 2.34. The van der Waals surface area contributed by atoms with Gasteiger partial charge in [-0.05, 0) is 62.2 Å². The Kier molecular flexibility index (Phi) is 8.08. The zero-order chi connectivity index (χ0) is 23.1. The van der Waals surface area contributed by atoms with Crippen molar-refractivity contribution in [1.29, 1.82) is 0 Å². The van der Waals surface area contributed by atoms with Gasteiger partial charge >= 0.3 is 0 Å². The molecule has 0 radical (unpaired) electrons. The SMILES string of the molecule is CCOc1cc(/C=N/NC(=O)c2ccc(CSc3nc(C)cc(C)n3)cc2)cc(Cl)c1O. The Hall–Kier alpha value is -3.10. The number of phenols is 1. The van der Waals surface area contributed by atoms with Gasteiger partial charge in [-0.3, -0.25) is 4.79 Å². The van der Waals surface area contributed by atoms with Crippen molar-refractivity contribution in [3.63, 3.8) is 0 Å². The van der Waals surface area contributed by atoms with E-state index in [1.54, 1.807) is 36.9 Å². The molecule has 2 aromatic carbocycles. The van der Waals surface area contributed by atoms with E-state index in [9.17, 15) is 9.90 Å². The Labute approximate surface area is 195 Å². The number of aromatic hydroxyl groups is 1. The fourth-order valence-electron chi connectivity index (χ4n) is 2.82. The first-order valence-corrected chi connectivity index (χ1v) is 11.2. The predicted molar refractivity (Wildman–Crippen MR) is 127 cm³/mol. The number of halogens is 1. The molecule has 0 aliphatic carbocycles. The van der Waals surface area contributed by atoms with Crippen LogP contribution in [0.5, 0.6) is 11.5 Å². The molecule has 0 saturated heterocycles. The average molecular weight is 471 g/mol. The Morgan fingerprint density at radius 2 is 1.88 bits per heavy atom. The van der Waals surface area contributed by atoms with E-state index in [-0.39, 0.29) is 22.4 Å². The quantitative estimate of drug-likeness (QED) is 0.210. The van der Waals surface area contributed by atoms with Crippen LogP contribution in [0.4, 0.5) is 0 Å². The molecule has 0 unspecified atom stereocenters. The van der Waals surface area contributed by atoms with Crippen molar-refractivity contribution >= 4 is 35.5 Å². The molecule has 1 amide bonds. The molecule has 1 aromatic heterocycles. The molecule has 166 valence electrons. The summed E-state index contributed by atoms with van der Waals surface area (Å²) < 4.78 is 5.33. The lowest BCUT2D eigenvalue weighted by Gasteiger charge is -2.08. The topological polar surface area (TPSA) is 96.7 Å². The highest BCUT2D eigenvalue weighted by molar-refractivity contribution is 7.98. The van der Waals surface area contributed by atoms with E-state index in [1.165, 1.54) is 12.3 Å². The lowest BCUT2D eigenvalue weighted by atomic mass is 10.1. The van der Waals surface area contributed by atoms with E-state index in [0.29, 0.717) is 23.5 Å². The molecule has 3 aromatic rings.